The van der Waals surface area contributed by atoms with E-state index in [0.717, 1.165) is 29.7 Å². The topological polar surface area (TPSA) is 75.7 Å². The summed E-state index contributed by atoms with van der Waals surface area (Å²) in [5.41, 5.74) is 2.96. The molecular weight excluding hydrogens is 364 g/mol. The van der Waals surface area contributed by atoms with E-state index in [1.54, 1.807) is 25.3 Å². The number of methoxy groups -OCH3 is 1. The fraction of sp³-hybridized carbons (Fsp3) is 0.350. The van der Waals surface area contributed by atoms with Crippen LogP contribution >= 0.6 is 0 Å². The van der Waals surface area contributed by atoms with Crippen LogP contribution in [0.3, 0.4) is 0 Å². The lowest BCUT2D eigenvalue weighted by Gasteiger charge is -2.29. The highest BCUT2D eigenvalue weighted by Crippen LogP contribution is 2.30. The van der Waals surface area contributed by atoms with Gasteiger partial charge in [-0.25, -0.2) is 8.42 Å². The largest absolute Gasteiger partial charge is 0.496 e. The van der Waals surface area contributed by atoms with Crippen molar-refractivity contribution in [3.63, 3.8) is 0 Å². The highest BCUT2D eigenvalue weighted by atomic mass is 32.2. The van der Waals surface area contributed by atoms with E-state index in [1.165, 1.54) is 10.6 Å². The second-order valence-corrected chi connectivity index (χ2v) is 8.63. The summed E-state index contributed by atoms with van der Waals surface area (Å²) >= 11 is 0. The summed E-state index contributed by atoms with van der Waals surface area (Å²) < 4.78 is 30.7. The first-order valence-electron chi connectivity index (χ1n) is 8.85. The Morgan fingerprint density at radius 1 is 1.22 bits per heavy atom. The van der Waals surface area contributed by atoms with E-state index in [0.29, 0.717) is 17.8 Å². The number of ether oxygens (including phenoxy) is 1. The number of carbonyl (C=O) groups excluding carboxylic acids is 1. The Morgan fingerprint density at radius 2 is 1.96 bits per heavy atom. The third kappa shape index (κ3) is 4.08. The zero-order chi connectivity index (χ0) is 19.6. The van der Waals surface area contributed by atoms with Crippen molar-refractivity contribution in [2.24, 2.45) is 0 Å². The predicted molar refractivity (Wildman–Crippen MR) is 106 cm³/mol. The minimum Gasteiger partial charge on any atom is -0.496 e. The standard InChI is InChI=1S/C20H24N2O4S/c1-14(17-8-4-5-9-19(17)26-2)21-20(23)16-10-11-18-15(13-16)7-6-12-22(18)27(3,24)25/h4-5,8-11,13-14H,6-7,12H2,1-3H3,(H,21,23)/t14-/m0/s1. The van der Waals surface area contributed by atoms with Gasteiger partial charge < -0.3 is 10.1 Å². The van der Waals surface area contributed by atoms with Crippen LogP contribution < -0.4 is 14.4 Å². The van der Waals surface area contributed by atoms with Crippen LogP contribution in [-0.2, 0) is 16.4 Å². The van der Waals surface area contributed by atoms with Crippen LogP contribution in [0, 0.1) is 0 Å². The number of fused-ring (bicyclic) bond motifs is 1. The highest BCUT2D eigenvalue weighted by Gasteiger charge is 2.25. The number of aryl methyl sites for hydroxylation is 1. The van der Waals surface area contributed by atoms with Gasteiger partial charge in [0.25, 0.3) is 5.91 Å². The molecule has 0 saturated carbocycles. The van der Waals surface area contributed by atoms with Crippen molar-refractivity contribution in [1.82, 2.24) is 5.32 Å². The predicted octanol–water partition coefficient (Wildman–Crippen LogP) is 2.90. The van der Waals surface area contributed by atoms with Crippen LogP contribution in [0.4, 0.5) is 5.69 Å². The molecule has 0 aromatic heterocycles. The third-order valence-corrected chi connectivity index (χ3v) is 5.95. The molecule has 0 saturated heterocycles. The van der Waals surface area contributed by atoms with Crippen molar-refractivity contribution >= 4 is 21.6 Å². The van der Waals surface area contributed by atoms with Gasteiger partial charge in [0, 0.05) is 17.7 Å². The number of benzene rings is 2. The molecule has 1 aliphatic heterocycles. The van der Waals surface area contributed by atoms with Crippen molar-refractivity contribution < 1.29 is 17.9 Å². The number of hydrogen-bond acceptors (Lipinski definition) is 4. The van der Waals surface area contributed by atoms with Crippen LogP contribution in [0.15, 0.2) is 42.5 Å². The first kappa shape index (κ1) is 19.2. The number of para-hydroxylation sites is 1. The quantitative estimate of drug-likeness (QED) is 0.855. The summed E-state index contributed by atoms with van der Waals surface area (Å²) in [6.07, 6.45) is 2.70. The summed E-state index contributed by atoms with van der Waals surface area (Å²) in [5, 5.41) is 2.98. The Bertz CT molecular complexity index is 956. The molecule has 0 fully saturated rings. The van der Waals surface area contributed by atoms with Crippen LogP contribution in [-0.4, -0.2) is 34.2 Å². The van der Waals surface area contributed by atoms with Gasteiger partial charge in [0.1, 0.15) is 5.75 Å². The van der Waals surface area contributed by atoms with Crippen molar-refractivity contribution in [2.75, 3.05) is 24.2 Å². The number of hydrogen-bond donors (Lipinski definition) is 1. The Balaban J connectivity index is 1.82. The molecule has 0 aliphatic carbocycles. The highest BCUT2D eigenvalue weighted by molar-refractivity contribution is 7.92. The zero-order valence-corrected chi connectivity index (χ0v) is 16.5. The Labute approximate surface area is 160 Å². The molecule has 6 nitrogen and oxygen atoms in total. The van der Waals surface area contributed by atoms with E-state index < -0.39 is 10.0 Å². The van der Waals surface area contributed by atoms with Crippen LogP contribution in [0.2, 0.25) is 0 Å². The van der Waals surface area contributed by atoms with Crippen LogP contribution in [0.1, 0.15) is 40.9 Å². The average Bonchev–Trinajstić information content (AvgIpc) is 2.66. The molecule has 27 heavy (non-hydrogen) atoms. The molecule has 7 heteroatoms. The van der Waals surface area contributed by atoms with E-state index in [-0.39, 0.29) is 11.9 Å². The van der Waals surface area contributed by atoms with Gasteiger partial charge in [-0.1, -0.05) is 18.2 Å². The number of rotatable bonds is 5. The molecule has 2 aromatic carbocycles. The molecule has 1 amide bonds. The van der Waals surface area contributed by atoms with E-state index in [1.807, 2.05) is 31.2 Å². The minimum atomic E-state index is -3.32. The van der Waals surface area contributed by atoms with Crippen molar-refractivity contribution in [2.45, 2.75) is 25.8 Å². The molecule has 0 spiro atoms. The van der Waals surface area contributed by atoms with E-state index in [4.69, 9.17) is 4.74 Å². The first-order chi connectivity index (χ1) is 12.8. The normalized spacial score (nSPS) is 15.0. The number of carbonyl (C=O) groups is 1. The molecule has 0 unspecified atom stereocenters. The van der Waals surface area contributed by atoms with Gasteiger partial charge in [-0.15, -0.1) is 0 Å². The van der Waals surface area contributed by atoms with Gasteiger partial charge in [0.15, 0.2) is 0 Å². The fourth-order valence-electron chi connectivity index (χ4n) is 3.43. The molecule has 1 N–H and O–H groups in total. The number of nitrogens with one attached hydrogen (secondary N) is 1. The molecular formula is C20H24N2O4S. The number of amides is 1. The molecule has 1 atom stereocenters. The second-order valence-electron chi connectivity index (χ2n) is 6.72. The molecule has 1 aliphatic rings. The van der Waals surface area contributed by atoms with Crippen LogP contribution in [0.25, 0.3) is 0 Å². The van der Waals surface area contributed by atoms with Crippen molar-refractivity contribution in [1.29, 1.82) is 0 Å². The molecule has 2 aromatic rings. The summed E-state index contributed by atoms with van der Waals surface area (Å²) in [7, 11) is -1.71. The number of nitrogens with zero attached hydrogens (tertiary/aromatic N) is 1. The maximum atomic E-state index is 12.7. The lowest BCUT2D eigenvalue weighted by atomic mass is 10.00. The first-order valence-corrected chi connectivity index (χ1v) is 10.7. The number of anilines is 1. The molecule has 0 bridgehead atoms. The van der Waals surface area contributed by atoms with E-state index in [2.05, 4.69) is 5.32 Å². The van der Waals surface area contributed by atoms with Crippen molar-refractivity contribution in [3.8, 4) is 5.75 Å². The Morgan fingerprint density at radius 3 is 2.67 bits per heavy atom. The Hall–Kier alpha value is -2.54. The molecule has 3 rings (SSSR count). The van der Waals surface area contributed by atoms with Gasteiger partial charge in [-0.2, -0.15) is 0 Å². The summed E-state index contributed by atoms with van der Waals surface area (Å²) in [4.78, 5) is 12.7. The zero-order valence-electron chi connectivity index (χ0n) is 15.7. The lowest BCUT2D eigenvalue weighted by Crippen LogP contribution is -2.35. The van der Waals surface area contributed by atoms with Crippen molar-refractivity contribution in [3.05, 3.63) is 59.2 Å². The third-order valence-electron chi connectivity index (χ3n) is 4.77. The molecule has 0 radical (unpaired) electrons. The van der Waals surface area contributed by atoms with Gasteiger partial charge in [-0.05, 0) is 49.6 Å². The summed E-state index contributed by atoms with van der Waals surface area (Å²) in [5.74, 6) is 0.521. The maximum absolute atomic E-state index is 12.7. The van der Waals surface area contributed by atoms with E-state index in [9.17, 15) is 13.2 Å². The maximum Gasteiger partial charge on any atom is 0.251 e. The van der Waals surface area contributed by atoms with Gasteiger partial charge in [0.2, 0.25) is 10.0 Å². The van der Waals surface area contributed by atoms with E-state index >= 15 is 0 Å². The monoisotopic (exact) mass is 388 g/mol. The fourth-order valence-corrected chi connectivity index (χ4v) is 4.43. The van der Waals surface area contributed by atoms with Gasteiger partial charge >= 0.3 is 0 Å². The molecule has 1 heterocycles. The second kappa shape index (κ2) is 7.60. The average molecular weight is 388 g/mol. The van der Waals surface area contributed by atoms with Crippen LogP contribution in [0.5, 0.6) is 5.75 Å². The lowest BCUT2D eigenvalue weighted by molar-refractivity contribution is 0.0939. The summed E-state index contributed by atoms with van der Waals surface area (Å²) in [6.45, 7) is 2.38. The SMILES string of the molecule is COc1ccccc1[C@H](C)NC(=O)c1ccc2c(c1)CCCN2S(C)(=O)=O. The Kier molecular flexibility index (Phi) is 5.41. The van der Waals surface area contributed by atoms with Gasteiger partial charge in [0.05, 0.1) is 25.1 Å². The summed E-state index contributed by atoms with van der Waals surface area (Å²) in [6, 6.07) is 12.5. The number of sulfonamides is 1. The van der Waals surface area contributed by atoms with Gasteiger partial charge in [-0.3, -0.25) is 9.10 Å². The minimum absolute atomic E-state index is 0.201. The smallest absolute Gasteiger partial charge is 0.251 e. The molecule has 144 valence electrons.